The molecule has 0 amide bonds. The molecule has 0 saturated carbocycles. The van der Waals surface area contributed by atoms with E-state index < -0.39 is 0 Å². The van der Waals surface area contributed by atoms with E-state index in [9.17, 15) is 4.79 Å². The smallest absolute Gasteiger partial charge is 0.203 e. The summed E-state index contributed by atoms with van der Waals surface area (Å²) < 4.78 is 0. The van der Waals surface area contributed by atoms with Crippen molar-refractivity contribution in [2.45, 2.75) is 6.42 Å². The Morgan fingerprint density at radius 1 is 1.64 bits per heavy atom. The van der Waals surface area contributed by atoms with Crippen LogP contribution in [0.15, 0.2) is 36.5 Å². The van der Waals surface area contributed by atoms with Crippen molar-refractivity contribution in [2.75, 3.05) is 0 Å². The molecule has 0 fully saturated rings. The highest BCUT2D eigenvalue weighted by molar-refractivity contribution is 6.49. The van der Waals surface area contributed by atoms with Gasteiger partial charge in [-0.05, 0) is 18.1 Å². The Kier molecular flexibility index (Phi) is 2.16. The standard InChI is InChI=1S/C9H9NO/c1-2-4-7-5-3-6-8(11)9(7)10/h2-4,6,10H,1,5H2/b7-4-,10-9?. The van der Waals surface area contributed by atoms with E-state index in [2.05, 4.69) is 6.58 Å². The van der Waals surface area contributed by atoms with Crippen LogP contribution in [0, 0.1) is 5.41 Å². The second-order valence-electron chi connectivity index (χ2n) is 2.27. The topological polar surface area (TPSA) is 40.9 Å². The Labute approximate surface area is 65.4 Å². The molecule has 1 N–H and O–H groups in total. The lowest BCUT2D eigenvalue weighted by atomic mass is 9.97. The summed E-state index contributed by atoms with van der Waals surface area (Å²) in [6.45, 7) is 3.51. The summed E-state index contributed by atoms with van der Waals surface area (Å²) in [5, 5.41) is 7.34. The molecule has 0 aliphatic heterocycles. The van der Waals surface area contributed by atoms with Gasteiger partial charge in [0.25, 0.3) is 0 Å². The van der Waals surface area contributed by atoms with Gasteiger partial charge in [-0.25, -0.2) is 0 Å². The van der Waals surface area contributed by atoms with Crippen LogP contribution in [0.25, 0.3) is 0 Å². The first kappa shape index (κ1) is 7.66. The van der Waals surface area contributed by atoms with E-state index in [1.54, 1.807) is 18.2 Å². The van der Waals surface area contributed by atoms with Crippen LogP contribution in [0.1, 0.15) is 6.42 Å². The summed E-state index contributed by atoms with van der Waals surface area (Å²) in [5.41, 5.74) is 0.833. The van der Waals surface area contributed by atoms with E-state index in [-0.39, 0.29) is 11.5 Å². The minimum atomic E-state index is -0.218. The van der Waals surface area contributed by atoms with Crippen LogP contribution in [-0.2, 0) is 4.79 Å². The van der Waals surface area contributed by atoms with E-state index in [4.69, 9.17) is 5.41 Å². The van der Waals surface area contributed by atoms with Crippen molar-refractivity contribution in [3.8, 4) is 0 Å². The molecule has 0 aromatic carbocycles. The zero-order valence-electron chi connectivity index (χ0n) is 6.13. The van der Waals surface area contributed by atoms with Gasteiger partial charge in [0.1, 0.15) is 5.71 Å². The van der Waals surface area contributed by atoms with Crippen molar-refractivity contribution in [1.82, 2.24) is 0 Å². The first-order chi connectivity index (χ1) is 5.25. The molecule has 2 heteroatoms. The van der Waals surface area contributed by atoms with Crippen molar-refractivity contribution in [1.29, 1.82) is 5.41 Å². The number of hydrogen-bond acceptors (Lipinski definition) is 2. The Hall–Kier alpha value is -1.44. The fourth-order valence-corrected chi connectivity index (χ4v) is 0.930. The summed E-state index contributed by atoms with van der Waals surface area (Å²) in [6, 6.07) is 0. The normalized spacial score (nSPS) is 20.9. The van der Waals surface area contributed by atoms with Crippen LogP contribution in [0.2, 0.25) is 0 Å². The quantitative estimate of drug-likeness (QED) is 0.602. The number of rotatable bonds is 1. The molecule has 11 heavy (non-hydrogen) atoms. The van der Waals surface area contributed by atoms with E-state index in [0.717, 1.165) is 5.57 Å². The van der Waals surface area contributed by atoms with Gasteiger partial charge in [-0.1, -0.05) is 24.8 Å². The highest BCUT2D eigenvalue weighted by atomic mass is 16.1. The molecule has 0 atom stereocenters. The summed E-state index contributed by atoms with van der Waals surface area (Å²) in [5.74, 6) is -0.218. The average Bonchev–Trinajstić information content (AvgIpc) is 1.99. The van der Waals surface area contributed by atoms with E-state index in [1.807, 2.05) is 0 Å². The molecule has 1 rings (SSSR count). The molecular formula is C9H9NO. The lowest BCUT2D eigenvalue weighted by molar-refractivity contribution is -0.109. The fourth-order valence-electron chi connectivity index (χ4n) is 0.930. The summed E-state index contributed by atoms with van der Waals surface area (Å²) in [6.07, 6.45) is 7.15. The molecule has 0 unspecified atom stereocenters. The summed E-state index contributed by atoms with van der Waals surface area (Å²) in [4.78, 5) is 10.9. The number of carbonyl (C=O) groups is 1. The number of carbonyl (C=O) groups excluding carboxylic acids is 1. The molecule has 2 nitrogen and oxygen atoms in total. The first-order valence-electron chi connectivity index (χ1n) is 3.37. The second kappa shape index (κ2) is 3.10. The van der Waals surface area contributed by atoms with Crippen LogP contribution in [0.4, 0.5) is 0 Å². The van der Waals surface area contributed by atoms with Gasteiger partial charge >= 0.3 is 0 Å². The van der Waals surface area contributed by atoms with Crippen molar-refractivity contribution in [2.24, 2.45) is 0 Å². The molecule has 0 spiro atoms. The van der Waals surface area contributed by atoms with E-state index in [0.29, 0.717) is 6.42 Å². The molecular weight excluding hydrogens is 138 g/mol. The maximum atomic E-state index is 10.9. The number of hydrogen-bond donors (Lipinski definition) is 1. The minimum absolute atomic E-state index is 0.0902. The molecule has 0 aromatic rings. The van der Waals surface area contributed by atoms with Crippen LogP contribution < -0.4 is 0 Å². The van der Waals surface area contributed by atoms with Gasteiger partial charge < -0.3 is 0 Å². The van der Waals surface area contributed by atoms with Gasteiger partial charge in [-0.2, -0.15) is 0 Å². The Morgan fingerprint density at radius 3 is 3.00 bits per heavy atom. The first-order valence-corrected chi connectivity index (χ1v) is 3.37. The third kappa shape index (κ3) is 1.52. The molecule has 0 bridgehead atoms. The van der Waals surface area contributed by atoms with Crippen LogP contribution >= 0.6 is 0 Å². The molecule has 1 aliphatic rings. The number of allylic oxidation sites excluding steroid dienone is 5. The third-order valence-electron chi connectivity index (χ3n) is 1.49. The summed E-state index contributed by atoms with van der Waals surface area (Å²) >= 11 is 0. The average molecular weight is 147 g/mol. The van der Waals surface area contributed by atoms with E-state index >= 15 is 0 Å². The molecule has 0 saturated heterocycles. The van der Waals surface area contributed by atoms with Crippen LogP contribution in [0.5, 0.6) is 0 Å². The molecule has 0 radical (unpaired) electrons. The third-order valence-corrected chi connectivity index (χ3v) is 1.49. The predicted octanol–water partition coefficient (Wildman–Crippen LogP) is 1.65. The van der Waals surface area contributed by atoms with Crippen molar-refractivity contribution >= 4 is 11.5 Å². The number of nitrogens with one attached hydrogen (secondary N) is 1. The Bertz CT molecular complexity index is 271. The fraction of sp³-hybridized carbons (Fsp3) is 0.111. The largest absolute Gasteiger partial charge is 0.297 e. The summed E-state index contributed by atoms with van der Waals surface area (Å²) in [7, 11) is 0. The zero-order valence-corrected chi connectivity index (χ0v) is 6.13. The van der Waals surface area contributed by atoms with Gasteiger partial charge in [-0.15, -0.1) is 0 Å². The molecule has 0 aromatic heterocycles. The maximum absolute atomic E-state index is 10.9. The minimum Gasteiger partial charge on any atom is -0.297 e. The van der Waals surface area contributed by atoms with Crippen molar-refractivity contribution in [3.05, 3.63) is 36.5 Å². The lowest BCUT2D eigenvalue weighted by Crippen LogP contribution is -2.15. The molecule has 1 aliphatic carbocycles. The lowest BCUT2D eigenvalue weighted by Gasteiger charge is -2.06. The van der Waals surface area contributed by atoms with Crippen LogP contribution in [0.3, 0.4) is 0 Å². The van der Waals surface area contributed by atoms with Gasteiger partial charge in [0.15, 0.2) is 0 Å². The van der Waals surface area contributed by atoms with Crippen molar-refractivity contribution < 1.29 is 4.79 Å². The highest BCUT2D eigenvalue weighted by Gasteiger charge is 2.13. The van der Waals surface area contributed by atoms with Crippen LogP contribution in [-0.4, -0.2) is 11.5 Å². The van der Waals surface area contributed by atoms with E-state index in [1.165, 1.54) is 6.08 Å². The Balaban J connectivity index is 2.95. The van der Waals surface area contributed by atoms with Gasteiger partial charge in [0, 0.05) is 0 Å². The zero-order chi connectivity index (χ0) is 8.27. The molecule has 56 valence electrons. The van der Waals surface area contributed by atoms with Crippen molar-refractivity contribution in [3.63, 3.8) is 0 Å². The predicted molar refractivity (Wildman–Crippen MR) is 44.8 cm³/mol. The SMILES string of the molecule is C=C/C=C1/CC=CC(=O)C1=N. The number of ketones is 1. The molecule has 0 heterocycles. The van der Waals surface area contributed by atoms with Gasteiger partial charge in [0.05, 0.1) is 0 Å². The highest BCUT2D eigenvalue weighted by Crippen LogP contribution is 2.11. The van der Waals surface area contributed by atoms with Gasteiger partial charge in [0.2, 0.25) is 5.78 Å². The Morgan fingerprint density at radius 2 is 2.36 bits per heavy atom. The van der Waals surface area contributed by atoms with Gasteiger partial charge in [-0.3, -0.25) is 10.2 Å². The maximum Gasteiger partial charge on any atom is 0.203 e. The monoisotopic (exact) mass is 147 g/mol. The second-order valence-corrected chi connectivity index (χ2v) is 2.27.